The van der Waals surface area contributed by atoms with E-state index in [2.05, 4.69) is 51.7 Å². The smallest absolute Gasteiger partial charge is 0.194 e. The number of thiazole rings is 1. The quantitative estimate of drug-likeness (QED) is 0.511. The molecule has 3 rings (SSSR count). The monoisotopic (exact) mass is 431 g/mol. The van der Waals surface area contributed by atoms with Crippen molar-refractivity contribution in [2.24, 2.45) is 4.99 Å². The third-order valence-corrected chi connectivity index (χ3v) is 6.15. The van der Waals surface area contributed by atoms with Crippen LogP contribution in [0.15, 0.2) is 34.6 Å². The van der Waals surface area contributed by atoms with Gasteiger partial charge in [-0.1, -0.05) is 12.1 Å². The maximum absolute atomic E-state index is 5.44. The van der Waals surface area contributed by atoms with E-state index >= 15 is 0 Å². The van der Waals surface area contributed by atoms with Gasteiger partial charge in [0.2, 0.25) is 0 Å². The summed E-state index contributed by atoms with van der Waals surface area (Å²) in [6.07, 6.45) is 0.0244. The van der Waals surface area contributed by atoms with E-state index in [-0.39, 0.29) is 6.10 Å². The molecule has 0 saturated carbocycles. The fraction of sp³-hybridized carbons (Fsp3) is 0.545. The lowest BCUT2D eigenvalue weighted by atomic mass is 10.2. The Hall–Kier alpha value is -2.16. The fourth-order valence-corrected chi connectivity index (χ4v) is 4.11. The Morgan fingerprint density at radius 1 is 1.33 bits per heavy atom. The van der Waals surface area contributed by atoms with Crippen LogP contribution in [0, 0.1) is 0 Å². The molecule has 0 bridgehead atoms. The van der Waals surface area contributed by atoms with E-state index in [4.69, 9.17) is 19.5 Å². The molecule has 164 valence electrons. The number of anilines is 1. The molecule has 0 spiro atoms. The number of morpholine rings is 1. The Balaban J connectivity index is 1.61. The van der Waals surface area contributed by atoms with E-state index in [1.165, 1.54) is 11.3 Å². The largest absolute Gasteiger partial charge is 0.378 e. The number of rotatable bonds is 8. The maximum Gasteiger partial charge on any atom is 0.194 e. The minimum atomic E-state index is 0.0244. The Morgan fingerprint density at radius 3 is 2.73 bits per heavy atom. The third-order valence-electron chi connectivity index (χ3n) is 5.09. The van der Waals surface area contributed by atoms with Gasteiger partial charge in [-0.05, 0) is 31.5 Å². The molecule has 0 aliphatic carbocycles. The molecule has 1 saturated heterocycles. The molecule has 30 heavy (non-hydrogen) atoms. The number of hydrogen-bond acceptors (Lipinski definition) is 6. The third kappa shape index (κ3) is 6.17. The molecule has 1 fully saturated rings. The van der Waals surface area contributed by atoms with E-state index in [0.29, 0.717) is 13.1 Å². The topological polar surface area (TPSA) is 62.2 Å². The molecule has 1 aromatic carbocycles. The van der Waals surface area contributed by atoms with Crippen molar-refractivity contribution >= 4 is 23.0 Å². The molecule has 7 nitrogen and oxygen atoms in total. The molecule has 0 radical (unpaired) electrons. The summed E-state index contributed by atoms with van der Waals surface area (Å²) in [6, 6.07) is 8.69. The van der Waals surface area contributed by atoms with Gasteiger partial charge in [-0.15, -0.1) is 11.3 Å². The van der Waals surface area contributed by atoms with Gasteiger partial charge in [-0.2, -0.15) is 0 Å². The van der Waals surface area contributed by atoms with Gasteiger partial charge in [0.25, 0.3) is 0 Å². The van der Waals surface area contributed by atoms with E-state index in [9.17, 15) is 0 Å². The SMILES string of the molecule is CCNC(=NCc1ccc(N2CCOCC2)cc1)N(C)Cc1csc(C(C)OC)n1. The van der Waals surface area contributed by atoms with E-state index in [1.807, 2.05) is 14.0 Å². The van der Waals surface area contributed by atoms with E-state index in [1.54, 1.807) is 18.4 Å². The minimum absolute atomic E-state index is 0.0244. The number of benzene rings is 1. The second kappa shape index (κ2) is 11.3. The van der Waals surface area contributed by atoms with Crippen LogP contribution in [0.4, 0.5) is 5.69 Å². The Bertz CT molecular complexity index is 802. The van der Waals surface area contributed by atoms with Crippen molar-refractivity contribution in [1.29, 1.82) is 0 Å². The van der Waals surface area contributed by atoms with Gasteiger partial charge in [0.15, 0.2) is 5.96 Å². The second-order valence-corrected chi connectivity index (χ2v) is 8.24. The van der Waals surface area contributed by atoms with Crippen LogP contribution in [0.5, 0.6) is 0 Å². The van der Waals surface area contributed by atoms with Gasteiger partial charge in [0.1, 0.15) is 11.1 Å². The van der Waals surface area contributed by atoms with Gasteiger partial charge in [0, 0.05) is 44.9 Å². The van der Waals surface area contributed by atoms with Gasteiger partial charge in [0.05, 0.1) is 32.0 Å². The Morgan fingerprint density at radius 2 is 2.07 bits per heavy atom. The summed E-state index contributed by atoms with van der Waals surface area (Å²) < 4.78 is 10.8. The molecule has 1 aliphatic heterocycles. The number of ether oxygens (including phenoxy) is 2. The molecule has 1 unspecified atom stereocenters. The first-order valence-electron chi connectivity index (χ1n) is 10.5. The van der Waals surface area contributed by atoms with Crippen molar-refractivity contribution in [3.63, 3.8) is 0 Å². The zero-order valence-corrected chi connectivity index (χ0v) is 19.2. The summed E-state index contributed by atoms with van der Waals surface area (Å²) in [5.41, 5.74) is 3.47. The average molecular weight is 432 g/mol. The van der Waals surface area contributed by atoms with Crippen LogP contribution in [0.3, 0.4) is 0 Å². The first kappa shape index (κ1) is 22.5. The highest BCUT2D eigenvalue weighted by molar-refractivity contribution is 7.09. The van der Waals surface area contributed by atoms with Crippen molar-refractivity contribution in [3.05, 3.63) is 45.9 Å². The van der Waals surface area contributed by atoms with Gasteiger partial charge < -0.3 is 24.6 Å². The fourth-order valence-electron chi connectivity index (χ4n) is 3.27. The predicted octanol–water partition coefficient (Wildman–Crippen LogP) is 3.28. The number of nitrogens with one attached hydrogen (secondary N) is 1. The second-order valence-electron chi connectivity index (χ2n) is 7.35. The van der Waals surface area contributed by atoms with Gasteiger partial charge in [-0.25, -0.2) is 9.98 Å². The molecule has 2 heterocycles. The summed E-state index contributed by atoms with van der Waals surface area (Å²) in [7, 11) is 3.75. The molecular formula is C22H33N5O2S. The maximum atomic E-state index is 5.44. The van der Waals surface area contributed by atoms with Crippen molar-refractivity contribution < 1.29 is 9.47 Å². The van der Waals surface area contributed by atoms with Crippen LogP contribution < -0.4 is 10.2 Å². The number of hydrogen-bond donors (Lipinski definition) is 1. The Labute approximate surface area is 183 Å². The molecule has 1 N–H and O–H groups in total. The average Bonchev–Trinajstić information content (AvgIpc) is 3.25. The number of guanidine groups is 1. The molecule has 8 heteroatoms. The van der Waals surface area contributed by atoms with Crippen LogP contribution >= 0.6 is 11.3 Å². The molecule has 0 amide bonds. The van der Waals surface area contributed by atoms with Gasteiger partial charge >= 0.3 is 0 Å². The molecule has 1 aliphatic rings. The van der Waals surface area contributed by atoms with Crippen LogP contribution in [0.2, 0.25) is 0 Å². The zero-order valence-electron chi connectivity index (χ0n) is 18.4. The lowest BCUT2D eigenvalue weighted by Gasteiger charge is -2.28. The first-order valence-corrected chi connectivity index (χ1v) is 11.4. The highest BCUT2D eigenvalue weighted by Gasteiger charge is 2.13. The van der Waals surface area contributed by atoms with Crippen LogP contribution in [-0.4, -0.2) is 62.8 Å². The predicted molar refractivity (Wildman–Crippen MR) is 123 cm³/mol. The van der Waals surface area contributed by atoms with Crippen molar-refractivity contribution in [3.8, 4) is 0 Å². The molecule has 2 aromatic rings. The molecule has 1 atom stereocenters. The van der Waals surface area contributed by atoms with Crippen LogP contribution in [0.1, 0.15) is 36.2 Å². The lowest BCUT2D eigenvalue weighted by molar-refractivity contribution is 0.119. The highest BCUT2D eigenvalue weighted by atomic mass is 32.1. The standard InChI is InChI=1S/C22H33N5O2S/c1-5-23-22(26(3)15-19-16-30-21(25-19)17(2)28-4)24-14-18-6-8-20(9-7-18)27-10-12-29-13-11-27/h6-9,16-17H,5,10-15H2,1-4H3,(H,23,24). The number of nitrogens with zero attached hydrogens (tertiary/aromatic N) is 4. The number of methoxy groups -OCH3 is 1. The summed E-state index contributed by atoms with van der Waals surface area (Å²) in [6.45, 7) is 9.77. The first-order chi connectivity index (χ1) is 14.6. The lowest BCUT2D eigenvalue weighted by Crippen LogP contribution is -2.38. The molecular weight excluding hydrogens is 398 g/mol. The summed E-state index contributed by atoms with van der Waals surface area (Å²) in [5.74, 6) is 0.879. The highest BCUT2D eigenvalue weighted by Crippen LogP contribution is 2.21. The van der Waals surface area contributed by atoms with Crippen molar-refractivity contribution in [1.82, 2.24) is 15.2 Å². The van der Waals surface area contributed by atoms with Crippen LogP contribution in [-0.2, 0) is 22.6 Å². The van der Waals surface area contributed by atoms with E-state index in [0.717, 1.165) is 49.5 Å². The number of aliphatic imine (C=N–C) groups is 1. The summed E-state index contributed by atoms with van der Waals surface area (Å²) in [4.78, 5) is 14.0. The van der Waals surface area contributed by atoms with Gasteiger partial charge in [-0.3, -0.25) is 0 Å². The normalized spacial score (nSPS) is 15.9. The van der Waals surface area contributed by atoms with Crippen LogP contribution in [0.25, 0.3) is 0 Å². The minimum Gasteiger partial charge on any atom is -0.378 e. The van der Waals surface area contributed by atoms with Crippen molar-refractivity contribution in [2.45, 2.75) is 33.0 Å². The molecule has 1 aromatic heterocycles. The number of aromatic nitrogens is 1. The van der Waals surface area contributed by atoms with Crippen molar-refractivity contribution in [2.75, 3.05) is 51.9 Å². The zero-order chi connectivity index (χ0) is 21.3. The van der Waals surface area contributed by atoms with E-state index < -0.39 is 0 Å². The summed E-state index contributed by atoms with van der Waals surface area (Å²) in [5, 5.41) is 6.48. The summed E-state index contributed by atoms with van der Waals surface area (Å²) >= 11 is 1.64. The Kier molecular flexibility index (Phi) is 8.48.